The highest BCUT2D eigenvalue weighted by molar-refractivity contribution is 4.50. The van der Waals surface area contributed by atoms with Gasteiger partial charge in [-0.2, -0.15) is 0 Å². The van der Waals surface area contributed by atoms with E-state index >= 15 is 0 Å². The molecule has 2 nitrogen and oxygen atoms in total. The molecule has 0 aliphatic heterocycles. The van der Waals surface area contributed by atoms with Gasteiger partial charge >= 0.3 is 0 Å². The largest absolute Gasteiger partial charge is 0.391 e. The molecule has 1 unspecified atom stereocenters. The summed E-state index contributed by atoms with van der Waals surface area (Å²) in [7, 11) is 0. The van der Waals surface area contributed by atoms with Gasteiger partial charge in [-0.05, 0) is 13.8 Å². The average Bonchev–Trinajstić information content (AvgIpc) is 1.36. The molecule has 0 fully saturated rings. The van der Waals surface area contributed by atoms with Gasteiger partial charge in [0, 0.05) is 0 Å². The minimum absolute atomic E-state index is 0.593. The summed E-state index contributed by atoms with van der Waals surface area (Å²) in [6.07, 6.45) is -1.19. The predicted octanol–water partition coefficient (Wildman–Crippen LogP) is -0.252. The third-order valence-electron chi connectivity index (χ3n) is 0.698. The highest BCUT2D eigenvalue weighted by atomic mass is 16.3. The fourth-order valence-corrected chi connectivity index (χ4v) is 0. The minimum Gasteiger partial charge on any atom is -0.391 e. The van der Waals surface area contributed by atoms with Gasteiger partial charge in [-0.25, -0.2) is 0 Å². The molecule has 0 saturated carbocycles. The summed E-state index contributed by atoms with van der Waals surface area (Å²) in [5, 5.41) is 16.8. The molecule has 0 aliphatic rings. The molecule has 0 radical (unpaired) electrons. The van der Waals surface area contributed by atoms with E-state index in [0.717, 1.165) is 0 Å². The van der Waals surface area contributed by atoms with Crippen LogP contribution in [0.3, 0.4) is 0 Å². The van der Waals surface area contributed by atoms with E-state index in [1.807, 2.05) is 0 Å². The van der Waals surface area contributed by atoms with Crippen molar-refractivity contribution in [2.45, 2.75) is 26.1 Å². The maximum Gasteiger partial charge on any atom is 0.0768 e. The van der Waals surface area contributed by atoms with Crippen molar-refractivity contribution in [2.75, 3.05) is 0 Å². The van der Waals surface area contributed by atoms with Crippen molar-refractivity contribution in [3.8, 4) is 0 Å². The van der Waals surface area contributed by atoms with E-state index in [-0.39, 0.29) is 0 Å². The third-order valence-corrected chi connectivity index (χ3v) is 0.698. The van der Waals surface area contributed by atoms with Crippen molar-refractivity contribution in [3.05, 3.63) is 0 Å². The molecule has 38 valence electrons. The lowest BCUT2D eigenvalue weighted by atomic mass is 10.3. The number of rotatable bonds is 1. The first-order valence-electron chi connectivity index (χ1n) is 2.00. The molecule has 0 saturated heterocycles. The van der Waals surface area contributed by atoms with Crippen LogP contribution in [0.25, 0.3) is 0 Å². The molecular formula is C4H10O2. The maximum atomic E-state index is 8.38. The van der Waals surface area contributed by atoms with Crippen LogP contribution in [0.15, 0.2) is 0 Å². The Morgan fingerprint density at radius 1 is 1.00 bits per heavy atom. The highest BCUT2D eigenvalue weighted by Gasteiger charge is 1.99. The van der Waals surface area contributed by atoms with Gasteiger partial charge in [0.2, 0.25) is 0 Å². The summed E-state index contributed by atoms with van der Waals surface area (Å²) >= 11 is 0. The van der Waals surface area contributed by atoms with Gasteiger partial charge < -0.3 is 10.2 Å². The molecule has 0 aromatic carbocycles. The number of aliphatic hydroxyl groups excluding tert-OH is 2. The van der Waals surface area contributed by atoms with Crippen LogP contribution in [-0.2, 0) is 0 Å². The first-order valence-corrected chi connectivity index (χ1v) is 2.00. The first kappa shape index (κ1) is 5.92. The monoisotopic (exact) mass is 90.1 g/mol. The Hall–Kier alpha value is -0.0800. The summed E-state index contributed by atoms with van der Waals surface area (Å²) in [4.78, 5) is 0. The van der Waals surface area contributed by atoms with Crippen LogP contribution in [0, 0.1) is 0 Å². The Kier molecular flexibility index (Phi) is 2.13. The molecule has 0 spiro atoms. The summed E-state index contributed by atoms with van der Waals surface area (Å²) in [6, 6.07) is 0. The fourth-order valence-electron chi connectivity index (χ4n) is 0. The van der Waals surface area contributed by atoms with Crippen LogP contribution in [-0.4, -0.2) is 22.4 Å². The maximum absolute atomic E-state index is 8.38. The number of aliphatic hydroxyl groups is 2. The van der Waals surface area contributed by atoms with Crippen LogP contribution in [0.5, 0.6) is 0 Å². The van der Waals surface area contributed by atoms with Crippen LogP contribution >= 0.6 is 0 Å². The molecule has 0 bridgehead atoms. The topological polar surface area (TPSA) is 40.5 Å². The molecule has 6 heavy (non-hydrogen) atoms. The predicted molar refractivity (Wildman–Crippen MR) is 23.4 cm³/mol. The van der Waals surface area contributed by atoms with Gasteiger partial charge in [0.05, 0.1) is 12.2 Å². The quantitative estimate of drug-likeness (QED) is 0.466. The summed E-state index contributed by atoms with van der Waals surface area (Å²) in [6.45, 7) is 3.09. The van der Waals surface area contributed by atoms with E-state index < -0.39 is 12.2 Å². The van der Waals surface area contributed by atoms with Crippen LogP contribution in [0.4, 0.5) is 0 Å². The molecule has 0 heterocycles. The molecule has 0 aromatic rings. The lowest BCUT2D eigenvalue weighted by molar-refractivity contribution is 0.0438. The molecular weight excluding hydrogens is 80.0 g/mol. The van der Waals surface area contributed by atoms with E-state index in [4.69, 9.17) is 10.2 Å². The zero-order chi connectivity index (χ0) is 5.15. The van der Waals surface area contributed by atoms with Gasteiger partial charge in [-0.1, -0.05) is 0 Å². The van der Waals surface area contributed by atoms with Crippen LogP contribution in [0.1, 0.15) is 13.8 Å². The summed E-state index contributed by atoms with van der Waals surface area (Å²) < 4.78 is 0. The van der Waals surface area contributed by atoms with Crippen molar-refractivity contribution in [1.82, 2.24) is 0 Å². The second-order valence-corrected chi connectivity index (χ2v) is 1.48. The summed E-state index contributed by atoms with van der Waals surface area (Å²) in [5.41, 5.74) is 0. The molecule has 0 rings (SSSR count). The smallest absolute Gasteiger partial charge is 0.0768 e. The van der Waals surface area contributed by atoms with E-state index in [2.05, 4.69) is 0 Å². The molecule has 0 aliphatic carbocycles. The Morgan fingerprint density at radius 3 is 1.17 bits per heavy atom. The van der Waals surface area contributed by atoms with E-state index in [9.17, 15) is 0 Å². The molecule has 2 heteroatoms. The summed E-state index contributed by atoms with van der Waals surface area (Å²) in [5.74, 6) is 0. The molecule has 0 amide bonds. The van der Waals surface area contributed by atoms with Gasteiger partial charge in [0.1, 0.15) is 0 Å². The lowest BCUT2D eigenvalue weighted by Gasteiger charge is -2.03. The fraction of sp³-hybridized carbons (Fsp3) is 1.00. The van der Waals surface area contributed by atoms with E-state index in [0.29, 0.717) is 0 Å². The Balaban J connectivity index is 2.99. The zero-order valence-electron chi connectivity index (χ0n) is 4.05. The third kappa shape index (κ3) is 2.18. The Labute approximate surface area is 37.4 Å². The van der Waals surface area contributed by atoms with E-state index in [1.54, 1.807) is 13.8 Å². The van der Waals surface area contributed by atoms with E-state index in [1.165, 1.54) is 0 Å². The first-order chi connectivity index (χ1) is 2.64. The number of hydrogen-bond acceptors (Lipinski definition) is 2. The number of hydrogen-bond donors (Lipinski definition) is 2. The molecule has 2 atom stereocenters. The second kappa shape index (κ2) is 2.16. The standard InChI is InChI=1S/C4H10O2/c1-3(5)4(2)6/h3-6H,1-2H3/t3-,4?/m1/s1. The lowest BCUT2D eigenvalue weighted by Crippen LogP contribution is -2.17. The van der Waals surface area contributed by atoms with Gasteiger partial charge in [-0.3, -0.25) is 0 Å². The van der Waals surface area contributed by atoms with Crippen molar-refractivity contribution >= 4 is 0 Å². The normalized spacial score (nSPS) is 20.0. The second-order valence-electron chi connectivity index (χ2n) is 1.48. The van der Waals surface area contributed by atoms with Crippen molar-refractivity contribution in [1.29, 1.82) is 0 Å². The average molecular weight is 90.1 g/mol. The molecule has 0 aromatic heterocycles. The molecule has 2 N–H and O–H groups in total. The Morgan fingerprint density at radius 2 is 1.17 bits per heavy atom. The van der Waals surface area contributed by atoms with Gasteiger partial charge in [0.15, 0.2) is 0 Å². The SMILES string of the molecule is CC(O)[C@@H](C)O. The van der Waals surface area contributed by atoms with Crippen LogP contribution < -0.4 is 0 Å². The minimum atomic E-state index is -0.593. The van der Waals surface area contributed by atoms with Crippen LogP contribution in [0.2, 0.25) is 0 Å². The van der Waals surface area contributed by atoms with Crippen molar-refractivity contribution in [2.24, 2.45) is 0 Å². The van der Waals surface area contributed by atoms with Crippen molar-refractivity contribution in [3.63, 3.8) is 0 Å². The highest BCUT2D eigenvalue weighted by Crippen LogP contribution is 1.85. The van der Waals surface area contributed by atoms with Crippen molar-refractivity contribution < 1.29 is 10.2 Å². The van der Waals surface area contributed by atoms with Gasteiger partial charge in [0.25, 0.3) is 0 Å². The zero-order valence-corrected chi connectivity index (χ0v) is 4.05. The Bertz CT molecular complexity index is 26.5. The van der Waals surface area contributed by atoms with Gasteiger partial charge in [-0.15, -0.1) is 0 Å².